The highest BCUT2D eigenvalue weighted by atomic mass is 35.5. The summed E-state index contributed by atoms with van der Waals surface area (Å²) in [5.74, 6) is -1.18. The molecular formula is C17H15ClF3N3O2. The lowest BCUT2D eigenvalue weighted by Gasteiger charge is -2.12. The zero-order valence-electron chi connectivity index (χ0n) is 13.8. The number of nitrogens with zero attached hydrogens (tertiary/aromatic N) is 1. The van der Waals surface area contributed by atoms with E-state index in [2.05, 4.69) is 15.6 Å². The van der Waals surface area contributed by atoms with E-state index in [1.165, 1.54) is 18.3 Å². The van der Waals surface area contributed by atoms with Crippen LogP contribution in [0.3, 0.4) is 0 Å². The van der Waals surface area contributed by atoms with Gasteiger partial charge in [0.1, 0.15) is 5.69 Å². The number of aromatic nitrogens is 1. The molecule has 0 fully saturated rings. The van der Waals surface area contributed by atoms with Crippen molar-refractivity contribution in [2.24, 2.45) is 0 Å². The molecule has 5 nitrogen and oxygen atoms in total. The van der Waals surface area contributed by atoms with E-state index in [4.69, 9.17) is 11.6 Å². The van der Waals surface area contributed by atoms with E-state index in [1.54, 1.807) is 13.8 Å². The molecule has 2 rings (SSSR count). The third-order valence-corrected chi connectivity index (χ3v) is 3.55. The van der Waals surface area contributed by atoms with Gasteiger partial charge in [0.15, 0.2) is 0 Å². The van der Waals surface area contributed by atoms with Gasteiger partial charge < -0.3 is 10.6 Å². The molecule has 0 saturated heterocycles. The SMILES string of the molecule is CC(C)NC(=O)c1cc(C(=O)Nc2cc(C(F)(F)F)ccc2Cl)ccn1. The number of carbonyl (C=O) groups is 2. The van der Waals surface area contributed by atoms with Gasteiger partial charge in [0, 0.05) is 17.8 Å². The fourth-order valence-electron chi connectivity index (χ4n) is 2.02. The molecule has 0 aliphatic heterocycles. The zero-order valence-corrected chi connectivity index (χ0v) is 14.6. The molecule has 0 radical (unpaired) electrons. The highest BCUT2D eigenvalue weighted by molar-refractivity contribution is 6.34. The molecule has 0 atom stereocenters. The number of amides is 2. The van der Waals surface area contributed by atoms with Gasteiger partial charge in [0.05, 0.1) is 16.3 Å². The second-order valence-corrected chi connectivity index (χ2v) is 6.11. The number of nitrogens with one attached hydrogen (secondary N) is 2. The number of halogens is 4. The Morgan fingerprint density at radius 1 is 1.12 bits per heavy atom. The van der Waals surface area contributed by atoms with E-state index in [1.807, 2.05) is 0 Å². The number of pyridine rings is 1. The summed E-state index contributed by atoms with van der Waals surface area (Å²) in [4.78, 5) is 28.1. The number of carbonyl (C=O) groups excluding carboxylic acids is 2. The van der Waals surface area contributed by atoms with Crippen LogP contribution in [0, 0.1) is 0 Å². The number of benzene rings is 1. The smallest absolute Gasteiger partial charge is 0.349 e. The first kappa shape index (κ1) is 19.7. The molecule has 0 aliphatic rings. The Balaban J connectivity index is 2.24. The predicted molar refractivity (Wildman–Crippen MR) is 91.2 cm³/mol. The highest BCUT2D eigenvalue weighted by Crippen LogP contribution is 2.33. The van der Waals surface area contributed by atoms with E-state index >= 15 is 0 Å². The van der Waals surface area contributed by atoms with Crippen molar-refractivity contribution in [2.45, 2.75) is 26.1 Å². The molecule has 0 unspecified atom stereocenters. The lowest BCUT2D eigenvalue weighted by molar-refractivity contribution is -0.137. The third-order valence-electron chi connectivity index (χ3n) is 3.22. The van der Waals surface area contributed by atoms with E-state index in [0.29, 0.717) is 0 Å². The van der Waals surface area contributed by atoms with Crippen LogP contribution < -0.4 is 10.6 Å². The largest absolute Gasteiger partial charge is 0.416 e. The molecule has 0 spiro atoms. The Kier molecular flexibility index (Phi) is 5.86. The maximum Gasteiger partial charge on any atom is 0.416 e. The second-order valence-electron chi connectivity index (χ2n) is 5.70. The molecule has 9 heteroatoms. The molecule has 1 heterocycles. The molecule has 2 N–H and O–H groups in total. The molecule has 1 aromatic heterocycles. The minimum Gasteiger partial charge on any atom is -0.349 e. The van der Waals surface area contributed by atoms with Crippen LogP contribution in [0.15, 0.2) is 36.5 Å². The van der Waals surface area contributed by atoms with Crippen LogP contribution in [0.25, 0.3) is 0 Å². The van der Waals surface area contributed by atoms with Crippen LogP contribution in [0.2, 0.25) is 5.02 Å². The quantitative estimate of drug-likeness (QED) is 0.830. The second kappa shape index (κ2) is 7.74. The van der Waals surface area contributed by atoms with E-state index in [9.17, 15) is 22.8 Å². The van der Waals surface area contributed by atoms with Gasteiger partial charge in [-0.15, -0.1) is 0 Å². The summed E-state index contributed by atoms with van der Waals surface area (Å²) in [5, 5.41) is 4.90. The topological polar surface area (TPSA) is 71.1 Å². The number of anilines is 1. The molecule has 2 aromatic rings. The van der Waals surface area contributed by atoms with Crippen molar-refractivity contribution in [1.82, 2.24) is 10.3 Å². The van der Waals surface area contributed by atoms with Gasteiger partial charge in [-0.05, 0) is 44.2 Å². The number of rotatable bonds is 4. The minimum absolute atomic E-state index is 0.0153. The van der Waals surface area contributed by atoms with Gasteiger partial charge in [-0.3, -0.25) is 14.6 Å². The Labute approximate surface area is 152 Å². The van der Waals surface area contributed by atoms with Crippen molar-refractivity contribution in [1.29, 1.82) is 0 Å². The van der Waals surface area contributed by atoms with Gasteiger partial charge in [-0.1, -0.05) is 11.6 Å². The van der Waals surface area contributed by atoms with Crippen molar-refractivity contribution in [3.05, 3.63) is 58.4 Å². The molecule has 0 bridgehead atoms. The van der Waals surface area contributed by atoms with Crippen LogP contribution >= 0.6 is 11.6 Å². The molecule has 2 amide bonds. The highest BCUT2D eigenvalue weighted by Gasteiger charge is 2.31. The van der Waals surface area contributed by atoms with E-state index in [-0.39, 0.29) is 28.0 Å². The number of hydrogen-bond acceptors (Lipinski definition) is 3. The van der Waals surface area contributed by atoms with E-state index < -0.39 is 23.6 Å². The third kappa shape index (κ3) is 4.95. The van der Waals surface area contributed by atoms with Crippen LogP contribution in [0.5, 0.6) is 0 Å². The number of alkyl halides is 3. The van der Waals surface area contributed by atoms with Crippen molar-refractivity contribution in [3.63, 3.8) is 0 Å². The lowest BCUT2D eigenvalue weighted by atomic mass is 10.1. The van der Waals surface area contributed by atoms with Crippen molar-refractivity contribution in [2.75, 3.05) is 5.32 Å². The summed E-state index contributed by atoms with van der Waals surface area (Å²) < 4.78 is 38.4. The zero-order chi connectivity index (χ0) is 19.5. The average molecular weight is 386 g/mol. The van der Waals surface area contributed by atoms with Crippen LogP contribution in [0.4, 0.5) is 18.9 Å². The standard InChI is InChI=1S/C17H15ClF3N3O2/c1-9(2)23-16(26)14-7-10(5-6-22-14)15(25)24-13-8-11(17(19,20)21)3-4-12(13)18/h3-9H,1-2H3,(H,23,26)(H,24,25). The molecule has 0 saturated carbocycles. The minimum atomic E-state index is -4.57. The summed E-state index contributed by atoms with van der Waals surface area (Å²) in [7, 11) is 0. The first-order chi connectivity index (χ1) is 12.1. The van der Waals surface area contributed by atoms with Gasteiger partial charge in [-0.25, -0.2) is 0 Å². The fraction of sp³-hybridized carbons (Fsp3) is 0.235. The maximum absolute atomic E-state index is 12.8. The molecular weight excluding hydrogens is 371 g/mol. The van der Waals surface area contributed by atoms with Crippen LogP contribution in [-0.4, -0.2) is 22.8 Å². The van der Waals surface area contributed by atoms with Gasteiger partial charge >= 0.3 is 6.18 Å². The Bertz CT molecular complexity index is 838. The average Bonchev–Trinajstić information content (AvgIpc) is 2.55. The van der Waals surface area contributed by atoms with Crippen LogP contribution in [-0.2, 0) is 6.18 Å². The summed E-state index contributed by atoms with van der Waals surface area (Å²) in [6, 6.07) is 5.07. The van der Waals surface area contributed by atoms with Crippen molar-refractivity contribution < 1.29 is 22.8 Å². The monoisotopic (exact) mass is 385 g/mol. The summed E-state index contributed by atoms with van der Waals surface area (Å²) in [5.41, 5.74) is -1.05. The predicted octanol–water partition coefficient (Wildman–Crippen LogP) is 4.14. The Hall–Kier alpha value is -2.61. The summed E-state index contributed by atoms with van der Waals surface area (Å²) in [6.07, 6.45) is -3.30. The van der Waals surface area contributed by atoms with Gasteiger partial charge in [0.2, 0.25) is 0 Å². The Morgan fingerprint density at radius 3 is 2.42 bits per heavy atom. The molecule has 138 valence electrons. The normalized spacial score (nSPS) is 11.3. The molecule has 1 aromatic carbocycles. The lowest BCUT2D eigenvalue weighted by Crippen LogP contribution is -2.31. The number of hydrogen-bond donors (Lipinski definition) is 2. The first-order valence-electron chi connectivity index (χ1n) is 7.53. The van der Waals surface area contributed by atoms with E-state index in [0.717, 1.165) is 18.2 Å². The van der Waals surface area contributed by atoms with Crippen molar-refractivity contribution >= 4 is 29.1 Å². The molecule has 26 heavy (non-hydrogen) atoms. The van der Waals surface area contributed by atoms with Crippen LogP contribution in [0.1, 0.15) is 40.3 Å². The fourth-order valence-corrected chi connectivity index (χ4v) is 2.19. The summed E-state index contributed by atoms with van der Waals surface area (Å²) >= 11 is 5.86. The molecule has 0 aliphatic carbocycles. The van der Waals surface area contributed by atoms with Gasteiger partial charge in [0.25, 0.3) is 11.8 Å². The van der Waals surface area contributed by atoms with Gasteiger partial charge in [-0.2, -0.15) is 13.2 Å². The first-order valence-corrected chi connectivity index (χ1v) is 7.90. The Morgan fingerprint density at radius 2 is 1.81 bits per heavy atom. The maximum atomic E-state index is 12.8. The summed E-state index contributed by atoms with van der Waals surface area (Å²) in [6.45, 7) is 3.54. The van der Waals surface area contributed by atoms with Crippen molar-refractivity contribution in [3.8, 4) is 0 Å².